The predicted molar refractivity (Wildman–Crippen MR) is 156 cm³/mol. The minimum absolute atomic E-state index is 0.0895. The first-order chi connectivity index (χ1) is 20.5. The monoisotopic (exact) mass is 588 g/mol. The normalized spacial score (nSPS) is 31.1. The highest BCUT2D eigenvalue weighted by Crippen LogP contribution is 2.66. The lowest BCUT2D eigenvalue weighted by molar-refractivity contribution is -0.127. The summed E-state index contributed by atoms with van der Waals surface area (Å²) >= 11 is 0. The number of aryl methyl sites for hydroxylation is 1. The van der Waals surface area contributed by atoms with E-state index in [4.69, 9.17) is 8.22 Å². The lowest BCUT2D eigenvalue weighted by atomic mass is 9.69. The van der Waals surface area contributed by atoms with Crippen LogP contribution in [0.1, 0.15) is 53.3 Å². The third kappa shape index (κ3) is 6.01. The Balaban J connectivity index is 1.58. The third-order valence-electron chi connectivity index (χ3n) is 9.65. The van der Waals surface area contributed by atoms with Gasteiger partial charge in [0.1, 0.15) is 9.84 Å². The van der Waals surface area contributed by atoms with E-state index in [1.807, 2.05) is 45.0 Å². The Morgan fingerprint density at radius 3 is 2.41 bits per heavy atom. The van der Waals surface area contributed by atoms with Crippen LogP contribution in [0.4, 0.5) is 5.69 Å². The van der Waals surface area contributed by atoms with Crippen molar-refractivity contribution < 1.29 is 29.9 Å². The average molecular weight is 589 g/mol. The molecule has 4 rings (SSSR count). The summed E-state index contributed by atoms with van der Waals surface area (Å²) in [5.41, 5.74) is 0.809. The number of likely N-dealkylation sites (N-methyl/N-ethyl adjacent to an activating group) is 1. The highest BCUT2D eigenvalue weighted by molar-refractivity contribution is 7.90. The maximum absolute atomic E-state index is 14.0. The summed E-state index contributed by atoms with van der Waals surface area (Å²) in [5.74, 6) is -1.65. The standard InChI is InChI=1S/C28H46N4O5S2/c1-21-9-7-8-10-23(21)31-14-16-32(17-15-31)39(36,37)20-28-13-11-22(27(28,2)3)19-25(28)29-26(33)24(30(4)5)12-18-38(6,34)35/h7-10,22,24-25H,11-20H2,1-6H3,(H,29,33)/t22?,24-,25?,28?/m0/s1/i4D3,5D3. The molecular formula is C28H46N4O5S2. The van der Waals surface area contributed by atoms with E-state index in [1.165, 1.54) is 4.31 Å². The van der Waals surface area contributed by atoms with Gasteiger partial charge < -0.3 is 10.2 Å². The molecule has 220 valence electrons. The van der Waals surface area contributed by atoms with Crippen LogP contribution in [0, 0.1) is 23.7 Å². The Bertz CT molecular complexity index is 1460. The Kier molecular flexibility index (Phi) is 6.44. The van der Waals surface area contributed by atoms with Crippen molar-refractivity contribution in [1.29, 1.82) is 0 Å². The van der Waals surface area contributed by atoms with E-state index in [-0.39, 0.29) is 16.6 Å². The molecule has 2 saturated carbocycles. The van der Waals surface area contributed by atoms with E-state index >= 15 is 0 Å². The van der Waals surface area contributed by atoms with Gasteiger partial charge in [0.05, 0.1) is 17.5 Å². The summed E-state index contributed by atoms with van der Waals surface area (Å²) < 4.78 is 101. The number of anilines is 1. The van der Waals surface area contributed by atoms with Gasteiger partial charge in [0.25, 0.3) is 0 Å². The molecule has 3 aliphatic rings. The largest absolute Gasteiger partial charge is 0.369 e. The van der Waals surface area contributed by atoms with Crippen molar-refractivity contribution >= 4 is 31.5 Å². The molecule has 1 amide bonds. The molecule has 2 bridgehead atoms. The second-order valence-electron chi connectivity index (χ2n) is 12.1. The van der Waals surface area contributed by atoms with E-state index < -0.39 is 74.8 Å². The highest BCUT2D eigenvalue weighted by atomic mass is 32.2. The molecule has 1 aromatic carbocycles. The Morgan fingerprint density at radius 2 is 1.82 bits per heavy atom. The molecule has 1 N–H and O–H groups in total. The quantitative estimate of drug-likeness (QED) is 0.446. The van der Waals surface area contributed by atoms with Crippen LogP contribution < -0.4 is 10.2 Å². The van der Waals surface area contributed by atoms with E-state index in [9.17, 15) is 21.6 Å². The number of nitrogens with zero attached hydrogens (tertiary/aromatic N) is 3. The number of amides is 1. The van der Waals surface area contributed by atoms with Gasteiger partial charge in [-0.3, -0.25) is 9.69 Å². The molecule has 2 aliphatic carbocycles. The number of benzene rings is 1. The van der Waals surface area contributed by atoms with Crippen LogP contribution in [0.15, 0.2) is 24.3 Å². The topological polar surface area (TPSA) is 107 Å². The van der Waals surface area contributed by atoms with Gasteiger partial charge in [0.2, 0.25) is 15.9 Å². The minimum Gasteiger partial charge on any atom is -0.369 e. The van der Waals surface area contributed by atoms with Crippen LogP contribution in [-0.4, -0.2) is 102 Å². The maximum Gasteiger partial charge on any atom is 0.237 e. The van der Waals surface area contributed by atoms with E-state index in [2.05, 4.69) is 10.2 Å². The number of hydrogen-bond acceptors (Lipinski definition) is 7. The molecule has 1 saturated heterocycles. The van der Waals surface area contributed by atoms with Gasteiger partial charge in [-0.15, -0.1) is 0 Å². The highest BCUT2D eigenvalue weighted by Gasteiger charge is 2.66. The van der Waals surface area contributed by atoms with Crippen LogP contribution >= 0.6 is 0 Å². The second kappa shape index (κ2) is 10.9. The summed E-state index contributed by atoms with van der Waals surface area (Å²) in [7, 11) is -7.46. The van der Waals surface area contributed by atoms with Gasteiger partial charge in [0, 0.05) is 57.8 Å². The van der Waals surface area contributed by atoms with Crippen LogP contribution in [0.3, 0.4) is 0 Å². The van der Waals surface area contributed by atoms with Gasteiger partial charge >= 0.3 is 0 Å². The fraction of sp³-hybridized carbons (Fsp3) is 0.750. The number of carbonyl (C=O) groups excluding carboxylic acids is 1. The van der Waals surface area contributed by atoms with Crippen molar-refractivity contribution in [2.24, 2.45) is 16.7 Å². The minimum atomic E-state index is -3.79. The van der Waals surface area contributed by atoms with E-state index in [0.29, 0.717) is 39.0 Å². The lowest BCUT2D eigenvalue weighted by Gasteiger charge is -2.45. The summed E-state index contributed by atoms with van der Waals surface area (Å²) in [4.78, 5) is 16.1. The van der Waals surface area contributed by atoms with Crippen molar-refractivity contribution in [3.8, 4) is 0 Å². The Hall–Kier alpha value is -1.69. The van der Waals surface area contributed by atoms with Crippen LogP contribution in [-0.2, 0) is 24.7 Å². The van der Waals surface area contributed by atoms with Gasteiger partial charge in [-0.25, -0.2) is 16.8 Å². The van der Waals surface area contributed by atoms with Crippen molar-refractivity contribution in [2.45, 2.75) is 58.5 Å². The van der Waals surface area contributed by atoms with Gasteiger partial charge in [-0.05, 0) is 69.5 Å². The molecule has 3 fully saturated rings. The molecule has 9 nitrogen and oxygen atoms in total. The van der Waals surface area contributed by atoms with Crippen molar-refractivity contribution in [1.82, 2.24) is 14.5 Å². The van der Waals surface area contributed by atoms with Gasteiger partial charge in [-0.1, -0.05) is 32.0 Å². The maximum atomic E-state index is 14.0. The van der Waals surface area contributed by atoms with Gasteiger partial charge in [-0.2, -0.15) is 4.31 Å². The summed E-state index contributed by atoms with van der Waals surface area (Å²) in [5, 5.41) is 2.86. The number of piperazine rings is 1. The zero-order valence-electron chi connectivity index (χ0n) is 29.3. The van der Waals surface area contributed by atoms with Crippen LogP contribution in [0.5, 0.6) is 0 Å². The number of carbonyl (C=O) groups is 1. The average Bonchev–Trinajstić information content (AvgIpc) is 3.24. The molecule has 39 heavy (non-hydrogen) atoms. The number of fused-ring (bicyclic) bond motifs is 2. The molecule has 0 aromatic heterocycles. The van der Waals surface area contributed by atoms with E-state index in [0.717, 1.165) is 23.9 Å². The predicted octanol–water partition coefficient (Wildman–Crippen LogP) is 2.12. The van der Waals surface area contributed by atoms with Crippen molar-refractivity contribution in [3.63, 3.8) is 0 Å². The van der Waals surface area contributed by atoms with E-state index in [1.54, 1.807) is 0 Å². The first-order valence-electron chi connectivity index (χ1n) is 16.6. The van der Waals surface area contributed by atoms with Crippen molar-refractivity contribution in [2.75, 3.05) is 62.8 Å². The second-order valence-corrected chi connectivity index (χ2v) is 16.4. The molecule has 1 aliphatic heterocycles. The SMILES string of the molecule is [2H]C([2H])([2H])N([C@@H](CCS(C)(=O)=O)C(=O)NC1CC2CCC1(CS(=O)(=O)N1CCN(c3ccccc3C)CC1)C2(C)C)C([2H])([2H])[2H]. The number of sulfonamides is 1. The molecule has 1 aromatic rings. The third-order valence-corrected chi connectivity index (χ3v) is 12.7. The van der Waals surface area contributed by atoms with Crippen LogP contribution in [0.25, 0.3) is 0 Å². The molecule has 0 spiro atoms. The summed E-state index contributed by atoms with van der Waals surface area (Å²) in [6.45, 7) is 1.27. The Morgan fingerprint density at radius 1 is 1.15 bits per heavy atom. The molecule has 11 heteroatoms. The molecule has 4 atom stereocenters. The summed E-state index contributed by atoms with van der Waals surface area (Å²) in [6.07, 6.45) is 2.13. The fourth-order valence-electron chi connectivity index (χ4n) is 7.14. The number of para-hydroxylation sites is 1. The Labute approximate surface area is 243 Å². The summed E-state index contributed by atoms with van der Waals surface area (Å²) in [6, 6.07) is 5.49. The lowest BCUT2D eigenvalue weighted by Crippen LogP contribution is -2.58. The van der Waals surface area contributed by atoms with Crippen molar-refractivity contribution in [3.05, 3.63) is 29.8 Å². The van der Waals surface area contributed by atoms with Crippen LogP contribution in [0.2, 0.25) is 0 Å². The molecular weight excluding hydrogens is 536 g/mol. The van der Waals surface area contributed by atoms with Gasteiger partial charge in [0.15, 0.2) is 0 Å². The number of hydrogen-bond donors (Lipinski definition) is 1. The molecule has 0 radical (unpaired) electrons. The molecule has 3 unspecified atom stereocenters. The zero-order valence-corrected chi connectivity index (χ0v) is 24.9. The first-order valence-corrected chi connectivity index (χ1v) is 17.2. The smallest absolute Gasteiger partial charge is 0.237 e. The molecule has 1 heterocycles. The number of sulfone groups is 1. The number of rotatable bonds is 10. The zero-order chi connectivity index (χ0) is 33.8. The number of nitrogens with one attached hydrogen (secondary N) is 1. The fourth-order valence-corrected chi connectivity index (χ4v) is 10.1. The first kappa shape index (κ1) is 22.9.